The van der Waals surface area contributed by atoms with Gasteiger partial charge in [0.2, 0.25) is 0 Å². The molecule has 2 aromatic carbocycles. The Morgan fingerprint density at radius 2 is 1.97 bits per heavy atom. The normalized spacial score (nSPS) is 15.5. The zero-order valence-corrected chi connectivity index (χ0v) is 17.2. The molecule has 0 bridgehead atoms. The van der Waals surface area contributed by atoms with Crippen molar-refractivity contribution in [2.75, 3.05) is 18.5 Å². The van der Waals surface area contributed by atoms with Gasteiger partial charge in [-0.2, -0.15) is 0 Å². The Balaban J connectivity index is 1.41. The average molecular weight is 424 g/mol. The van der Waals surface area contributed by atoms with Crippen LogP contribution in [0.25, 0.3) is 10.9 Å². The van der Waals surface area contributed by atoms with Crippen LogP contribution in [0.2, 0.25) is 5.02 Å². The van der Waals surface area contributed by atoms with E-state index >= 15 is 0 Å². The summed E-state index contributed by atoms with van der Waals surface area (Å²) in [6, 6.07) is 13.6. The maximum Gasteiger partial charge on any atom is 0.252 e. The van der Waals surface area contributed by atoms with E-state index in [1.807, 2.05) is 42.5 Å². The van der Waals surface area contributed by atoms with Crippen LogP contribution >= 0.6 is 11.6 Å². The van der Waals surface area contributed by atoms with Crippen molar-refractivity contribution in [3.05, 3.63) is 58.6 Å². The van der Waals surface area contributed by atoms with E-state index < -0.39 is 0 Å². The number of benzene rings is 2. The summed E-state index contributed by atoms with van der Waals surface area (Å²) in [6.07, 6.45) is 2.92. The van der Waals surface area contributed by atoms with Gasteiger partial charge in [0.1, 0.15) is 5.82 Å². The Kier molecular flexibility index (Phi) is 5.09. The Morgan fingerprint density at radius 3 is 2.83 bits per heavy atom. The summed E-state index contributed by atoms with van der Waals surface area (Å²) in [5, 5.41) is 7.77. The molecule has 30 heavy (non-hydrogen) atoms. The smallest absolute Gasteiger partial charge is 0.252 e. The number of aromatic nitrogens is 1. The van der Waals surface area contributed by atoms with Gasteiger partial charge in [-0.25, -0.2) is 4.98 Å². The van der Waals surface area contributed by atoms with Crippen LogP contribution in [0, 0.1) is 0 Å². The van der Waals surface area contributed by atoms with Crippen molar-refractivity contribution in [2.45, 2.75) is 31.8 Å². The number of pyridine rings is 1. The van der Waals surface area contributed by atoms with Crippen molar-refractivity contribution in [3.63, 3.8) is 0 Å². The first-order valence-electron chi connectivity index (χ1n) is 10.2. The van der Waals surface area contributed by atoms with E-state index in [4.69, 9.17) is 21.1 Å². The zero-order chi connectivity index (χ0) is 20.5. The summed E-state index contributed by atoms with van der Waals surface area (Å²) in [4.78, 5) is 17.4. The molecule has 0 radical (unpaired) electrons. The maximum absolute atomic E-state index is 12.8. The number of para-hydroxylation sites is 1. The van der Waals surface area contributed by atoms with Crippen LogP contribution in [0.4, 0.5) is 5.82 Å². The molecule has 1 aliphatic heterocycles. The Morgan fingerprint density at radius 1 is 1.13 bits per heavy atom. The zero-order valence-electron chi connectivity index (χ0n) is 16.4. The molecule has 1 aliphatic carbocycles. The van der Waals surface area contributed by atoms with Gasteiger partial charge < -0.3 is 20.1 Å². The van der Waals surface area contributed by atoms with E-state index in [9.17, 15) is 4.79 Å². The number of fused-ring (bicyclic) bond motifs is 2. The number of nitrogens with one attached hydrogen (secondary N) is 2. The molecule has 6 nitrogen and oxygen atoms in total. The first-order chi connectivity index (χ1) is 14.7. The summed E-state index contributed by atoms with van der Waals surface area (Å²) in [5.74, 6) is 1.84. The SMILES string of the molecule is O=C(NC1CC1)c1cc(NCc2cc(Cl)c3c(c2)OCCCO3)nc2ccccc12. The lowest BCUT2D eigenvalue weighted by molar-refractivity contribution is 0.0952. The summed E-state index contributed by atoms with van der Waals surface area (Å²) >= 11 is 6.40. The third kappa shape index (κ3) is 4.00. The molecule has 1 amide bonds. The lowest BCUT2D eigenvalue weighted by Crippen LogP contribution is -2.25. The topological polar surface area (TPSA) is 72.5 Å². The van der Waals surface area contributed by atoms with Crippen molar-refractivity contribution in [1.82, 2.24) is 10.3 Å². The van der Waals surface area contributed by atoms with Crippen molar-refractivity contribution < 1.29 is 14.3 Å². The highest BCUT2D eigenvalue weighted by molar-refractivity contribution is 6.32. The van der Waals surface area contributed by atoms with Gasteiger partial charge in [-0.05, 0) is 42.7 Å². The molecule has 0 saturated heterocycles. The van der Waals surface area contributed by atoms with Crippen LogP contribution < -0.4 is 20.1 Å². The molecule has 7 heteroatoms. The molecule has 2 aliphatic rings. The number of rotatable bonds is 5. The maximum atomic E-state index is 12.8. The fraction of sp³-hybridized carbons (Fsp3) is 0.304. The molecule has 0 unspecified atom stereocenters. The standard InChI is InChI=1S/C23H22ClN3O3/c24-18-10-14(11-20-22(18)30-9-3-8-29-20)13-25-21-12-17(23(28)26-15-6-7-15)16-4-1-2-5-19(16)27-21/h1-2,4-5,10-12,15H,3,6-9,13H2,(H,25,27)(H,26,28). The van der Waals surface area contributed by atoms with Gasteiger partial charge in [0.05, 0.1) is 29.3 Å². The summed E-state index contributed by atoms with van der Waals surface area (Å²) < 4.78 is 11.5. The van der Waals surface area contributed by atoms with Crippen LogP contribution in [-0.4, -0.2) is 30.1 Å². The average Bonchev–Trinajstić information content (AvgIpc) is 3.58. The molecule has 154 valence electrons. The highest BCUT2D eigenvalue weighted by Crippen LogP contribution is 2.38. The Hall–Kier alpha value is -2.99. The van der Waals surface area contributed by atoms with E-state index in [0.717, 1.165) is 35.7 Å². The summed E-state index contributed by atoms with van der Waals surface area (Å²) in [5.41, 5.74) is 2.36. The molecule has 1 aromatic heterocycles. The fourth-order valence-electron chi connectivity index (χ4n) is 3.52. The van der Waals surface area contributed by atoms with Gasteiger partial charge in [0, 0.05) is 24.4 Å². The van der Waals surface area contributed by atoms with Crippen LogP contribution in [-0.2, 0) is 6.54 Å². The van der Waals surface area contributed by atoms with E-state index in [0.29, 0.717) is 53.7 Å². The highest BCUT2D eigenvalue weighted by Gasteiger charge is 2.25. The van der Waals surface area contributed by atoms with Gasteiger partial charge in [-0.1, -0.05) is 29.8 Å². The van der Waals surface area contributed by atoms with E-state index in [-0.39, 0.29) is 5.91 Å². The van der Waals surface area contributed by atoms with Crippen molar-refractivity contribution in [1.29, 1.82) is 0 Å². The second-order valence-electron chi connectivity index (χ2n) is 7.63. The van der Waals surface area contributed by atoms with Crippen LogP contribution in [0.5, 0.6) is 11.5 Å². The van der Waals surface area contributed by atoms with Gasteiger partial charge in [-0.15, -0.1) is 0 Å². The molecule has 5 rings (SSSR count). The molecule has 0 atom stereocenters. The Bertz CT molecular complexity index is 1110. The number of halogens is 1. The molecular weight excluding hydrogens is 402 g/mol. The number of hydrogen-bond donors (Lipinski definition) is 2. The van der Waals surface area contributed by atoms with E-state index in [1.165, 1.54) is 0 Å². The number of nitrogens with zero attached hydrogens (tertiary/aromatic N) is 1. The predicted molar refractivity (Wildman–Crippen MR) is 117 cm³/mol. The molecule has 1 saturated carbocycles. The van der Waals surface area contributed by atoms with Gasteiger partial charge >= 0.3 is 0 Å². The van der Waals surface area contributed by atoms with Crippen LogP contribution in [0.15, 0.2) is 42.5 Å². The van der Waals surface area contributed by atoms with Crippen LogP contribution in [0.1, 0.15) is 35.2 Å². The van der Waals surface area contributed by atoms with Gasteiger partial charge in [0.15, 0.2) is 11.5 Å². The van der Waals surface area contributed by atoms with Crippen molar-refractivity contribution >= 4 is 34.2 Å². The number of amides is 1. The van der Waals surface area contributed by atoms with Gasteiger partial charge in [0.25, 0.3) is 5.91 Å². The highest BCUT2D eigenvalue weighted by atomic mass is 35.5. The quantitative estimate of drug-likeness (QED) is 0.629. The first-order valence-corrected chi connectivity index (χ1v) is 10.6. The third-order valence-corrected chi connectivity index (χ3v) is 5.49. The van der Waals surface area contributed by atoms with Gasteiger partial charge in [-0.3, -0.25) is 4.79 Å². The fourth-order valence-corrected chi connectivity index (χ4v) is 3.81. The number of carbonyl (C=O) groups is 1. The number of anilines is 1. The van der Waals surface area contributed by atoms with Crippen molar-refractivity contribution in [2.24, 2.45) is 0 Å². The van der Waals surface area contributed by atoms with E-state index in [1.54, 1.807) is 0 Å². The molecule has 1 fully saturated rings. The minimum atomic E-state index is -0.0576. The molecule has 2 N–H and O–H groups in total. The molecule has 0 spiro atoms. The second-order valence-corrected chi connectivity index (χ2v) is 8.04. The molecule has 3 aromatic rings. The number of hydrogen-bond acceptors (Lipinski definition) is 5. The lowest BCUT2D eigenvalue weighted by Gasteiger charge is -2.14. The van der Waals surface area contributed by atoms with Crippen LogP contribution in [0.3, 0.4) is 0 Å². The summed E-state index contributed by atoms with van der Waals surface area (Å²) in [6.45, 7) is 1.69. The third-order valence-electron chi connectivity index (χ3n) is 5.21. The minimum absolute atomic E-state index is 0.0576. The number of ether oxygens (including phenoxy) is 2. The molecule has 2 heterocycles. The minimum Gasteiger partial charge on any atom is -0.489 e. The van der Waals surface area contributed by atoms with Crippen molar-refractivity contribution in [3.8, 4) is 11.5 Å². The number of carbonyl (C=O) groups excluding carboxylic acids is 1. The lowest BCUT2D eigenvalue weighted by atomic mass is 10.1. The Labute approximate surface area is 179 Å². The monoisotopic (exact) mass is 423 g/mol. The molecular formula is C23H22ClN3O3. The summed E-state index contributed by atoms with van der Waals surface area (Å²) in [7, 11) is 0. The largest absolute Gasteiger partial charge is 0.489 e. The second kappa shape index (κ2) is 8.03. The van der Waals surface area contributed by atoms with E-state index in [2.05, 4.69) is 15.6 Å². The first kappa shape index (κ1) is 19.0. The predicted octanol–water partition coefficient (Wildman–Crippen LogP) is 4.55.